The summed E-state index contributed by atoms with van der Waals surface area (Å²) < 4.78 is 0.363. The molecule has 0 amide bonds. The third-order valence-electron chi connectivity index (χ3n) is 1.12. The molecule has 0 aliphatic heterocycles. The Morgan fingerprint density at radius 1 is 1.46 bits per heavy atom. The number of aromatic amines is 2. The van der Waals surface area contributed by atoms with Crippen molar-refractivity contribution in [2.24, 2.45) is 0 Å². The summed E-state index contributed by atoms with van der Waals surface area (Å²) in [6.07, 6.45) is 5.58. The molecule has 0 bridgehead atoms. The van der Waals surface area contributed by atoms with Crippen molar-refractivity contribution < 1.29 is 9.90 Å². The van der Waals surface area contributed by atoms with Crippen LogP contribution in [0.2, 0.25) is 0 Å². The minimum atomic E-state index is -0.986. The molecule has 1 rings (SSSR count). The van der Waals surface area contributed by atoms with E-state index in [1.54, 1.807) is 12.2 Å². The lowest BCUT2D eigenvalue weighted by atomic mass is 10.4. The van der Waals surface area contributed by atoms with E-state index in [2.05, 4.69) is 15.2 Å². The second-order valence-corrected chi connectivity index (χ2v) is 2.50. The van der Waals surface area contributed by atoms with Crippen LogP contribution in [0.5, 0.6) is 0 Å². The van der Waals surface area contributed by atoms with Crippen molar-refractivity contribution in [1.29, 1.82) is 0 Å². The molecule has 0 radical (unpaired) electrons. The fraction of sp³-hybridized carbons (Fsp3) is 0. The summed E-state index contributed by atoms with van der Waals surface area (Å²) in [5, 5.41) is 13.5. The van der Waals surface area contributed by atoms with Crippen LogP contribution in [-0.2, 0) is 4.79 Å². The number of carboxylic acid groups (broad SMARTS) is 1. The van der Waals surface area contributed by atoms with Crippen LogP contribution >= 0.6 is 12.2 Å². The van der Waals surface area contributed by atoms with Gasteiger partial charge in [-0.15, -0.1) is 0 Å². The molecule has 0 aliphatic carbocycles. The van der Waals surface area contributed by atoms with E-state index in [-0.39, 0.29) is 0 Å². The number of nitrogens with zero attached hydrogens (tertiary/aromatic N) is 1. The van der Waals surface area contributed by atoms with E-state index in [0.717, 1.165) is 6.08 Å². The summed E-state index contributed by atoms with van der Waals surface area (Å²) in [5.41, 5.74) is 0. The Hall–Kier alpha value is -1.69. The van der Waals surface area contributed by atoms with Gasteiger partial charge in [-0.2, -0.15) is 0 Å². The molecule has 68 valence electrons. The predicted octanol–water partition coefficient (Wildman–Crippen LogP) is 1.12. The van der Waals surface area contributed by atoms with Crippen molar-refractivity contribution in [3.63, 3.8) is 0 Å². The molecule has 5 nitrogen and oxygen atoms in total. The lowest BCUT2D eigenvalue weighted by Crippen LogP contribution is -1.84. The Bertz CT molecular complexity index is 402. The van der Waals surface area contributed by atoms with Gasteiger partial charge >= 0.3 is 5.97 Å². The molecule has 0 fully saturated rings. The number of aromatic nitrogens is 3. The standard InChI is InChI=1S/C7H7N3O2S/c11-6(12)4-2-1-3-5-8-7(13)10-9-5/h1-4H,(H,11,12)(H2,8,9,10,13)/b3-1+,4-2+. The number of hydrogen-bond donors (Lipinski definition) is 3. The summed E-state index contributed by atoms with van der Waals surface area (Å²) in [4.78, 5) is 13.9. The Morgan fingerprint density at radius 3 is 2.77 bits per heavy atom. The number of carboxylic acids is 1. The van der Waals surface area contributed by atoms with Crippen LogP contribution in [0.1, 0.15) is 5.82 Å². The molecule has 1 heterocycles. The molecular weight excluding hydrogens is 190 g/mol. The first-order chi connectivity index (χ1) is 6.18. The number of rotatable bonds is 3. The SMILES string of the molecule is O=C(O)/C=C/C=C/c1nc(=S)[nH][nH]1. The Morgan fingerprint density at radius 2 is 2.23 bits per heavy atom. The summed E-state index contributed by atoms with van der Waals surface area (Å²) >= 11 is 4.71. The number of hydrogen-bond acceptors (Lipinski definition) is 3. The lowest BCUT2D eigenvalue weighted by molar-refractivity contribution is -0.131. The first kappa shape index (κ1) is 9.40. The Balaban J connectivity index is 2.59. The summed E-state index contributed by atoms with van der Waals surface area (Å²) in [7, 11) is 0. The quantitative estimate of drug-likeness (QED) is 0.385. The number of carbonyl (C=O) groups is 1. The number of H-pyrrole nitrogens is 2. The molecule has 0 spiro atoms. The fourth-order valence-corrected chi connectivity index (χ4v) is 0.796. The highest BCUT2D eigenvalue weighted by Gasteiger charge is 1.87. The summed E-state index contributed by atoms with van der Waals surface area (Å²) in [5.74, 6) is -0.431. The normalized spacial score (nSPS) is 11.4. The van der Waals surface area contributed by atoms with E-state index in [1.807, 2.05) is 0 Å². The second-order valence-electron chi connectivity index (χ2n) is 2.11. The van der Waals surface area contributed by atoms with E-state index in [9.17, 15) is 4.79 Å². The first-order valence-corrected chi connectivity index (χ1v) is 3.81. The molecular formula is C7H7N3O2S. The third kappa shape index (κ3) is 3.48. The van der Waals surface area contributed by atoms with Gasteiger partial charge < -0.3 is 5.11 Å². The number of aliphatic carboxylic acids is 1. The molecule has 0 aromatic carbocycles. The average molecular weight is 197 g/mol. The maximum absolute atomic E-state index is 10.0. The smallest absolute Gasteiger partial charge is 0.328 e. The maximum atomic E-state index is 10.0. The fourth-order valence-electron chi connectivity index (χ4n) is 0.646. The van der Waals surface area contributed by atoms with Gasteiger partial charge in [0, 0.05) is 6.08 Å². The molecule has 1 aromatic heterocycles. The van der Waals surface area contributed by atoms with Crippen LogP contribution in [0.25, 0.3) is 6.08 Å². The van der Waals surface area contributed by atoms with Gasteiger partial charge in [0.2, 0.25) is 4.77 Å². The zero-order valence-electron chi connectivity index (χ0n) is 6.52. The minimum Gasteiger partial charge on any atom is -0.478 e. The van der Waals surface area contributed by atoms with Crippen molar-refractivity contribution in [3.05, 3.63) is 28.8 Å². The van der Waals surface area contributed by atoms with Gasteiger partial charge in [0.1, 0.15) is 5.82 Å². The van der Waals surface area contributed by atoms with Crippen LogP contribution < -0.4 is 0 Å². The molecule has 0 saturated carbocycles. The molecule has 6 heteroatoms. The summed E-state index contributed by atoms with van der Waals surface area (Å²) in [6.45, 7) is 0. The van der Waals surface area contributed by atoms with E-state index < -0.39 is 5.97 Å². The van der Waals surface area contributed by atoms with Crippen molar-refractivity contribution in [3.8, 4) is 0 Å². The highest BCUT2D eigenvalue weighted by Crippen LogP contribution is 1.91. The van der Waals surface area contributed by atoms with Crippen LogP contribution in [0.4, 0.5) is 0 Å². The van der Waals surface area contributed by atoms with Gasteiger partial charge in [-0.05, 0) is 18.3 Å². The molecule has 0 saturated heterocycles. The predicted molar refractivity (Wildman–Crippen MR) is 49.6 cm³/mol. The highest BCUT2D eigenvalue weighted by atomic mass is 32.1. The van der Waals surface area contributed by atoms with Crippen molar-refractivity contribution in [1.82, 2.24) is 15.2 Å². The number of nitrogens with one attached hydrogen (secondary N) is 2. The molecule has 1 aromatic rings. The van der Waals surface area contributed by atoms with Gasteiger partial charge in [-0.3, -0.25) is 10.2 Å². The van der Waals surface area contributed by atoms with Gasteiger partial charge in [-0.25, -0.2) is 9.78 Å². The Kier molecular flexibility index (Phi) is 3.15. The van der Waals surface area contributed by atoms with Crippen LogP contribution in [0, 0.1) is 4.77 Å². The topological polar surface area (TPSA) is 81.8 Å². The van der Waals surface area contributed by atoms with E-state index >= 15 is 0 Å². The van der Waals surface area contributed by atoms with Crippen LogP contribution in [-0.4, -0.2) is 26.3 Å². The van der Waals surface area contributed by atoms with Crippen molar-refractivity contribution >= 4 is 24.3 Å². The van der Waals surface area contributed by atoms with Gasteiger partial charge in [0.05, 0.1) is 0 Å². The van der Waals surface area contributed by atoms with Crippen molar-refractivity contribution in [2.75, 3.05) is 0 Å². The molecule has 13 heavy (non-hydrogen) atoms. The van der Waals surface area contributed by atoms with E-state index in [4.69, 9.17) is 17.3 Å². The Labute approximate surface area is 78.8 Å². The van der Waals surface area contributed by atoms with Gasteiger partial charge in [0.15, 0.2) is 0 Å². The van der Waals surface area contributed by atoms with Gasteiger partial charge in [0.25, 0.3) is 0 Å². The summed E-state index contributed by atoms with van der Waals surface area (Å²) in [6, 6.07) is 0. The minimum absolute atomic E-state index is 0.363. The molecule has 0 unspecified atom stereocenters. The average Bonchev–Trinajstić information content (AvgIpc) is 2.45. The maximum Gasteiger partial charge on any atom is 0.328 e. The first-order valence-electron chi connectivity index (χ1n) is 3.41. The highest BCUT2D eigenvalue weighted by molar-refractivity contribution is 7.71. The second kappa shape index (κ2) is 4.36. The molecule has 0 aliphatic rings. The van der Waals surface area contributed by atoms with Crippen LogP contribution in [0.3, 0.4) is 0 Å². The largest absolute Gasteiger partial charge is 0.478 e. The van der Waals surface area contributed by atoms with E-state index in [0.29, 0.717) is 10.6 Å². The monoisotopic (exact) mass is 197 g/mol. The zero-order valence-corrected chi connectivity index (χ0v) is 7.34. The lowest BCUT2D eigenvalue weighted by Gasteiger charge is -1.78. The third-order valence-corrected chi connectivity index (χ3v) is 1.32. The van der Waals surface area contributed by atoms with Crippen molar-refractivity contribution in [2.45, 2.75) is 0 Å². The molecule has 0 atom stereocenters. The zero-order chi connectivity index (χ0) is 9.68. The number of allylic oxidation sites excluding steroid dienone is 2. The van der Waals surface area contributed by atoms with Gasteiger partial charge in [-0.1, -0.05) is 12.2 Å². The van der Waals surface area contributed by atoms with Crippen LogP contribution in [0.15, 0.2) is 18.2 Å². The van der Waals surface area contributed by atoms with E-state index in [1.165, 1.54) is 6.08 Å². The molecule has 3 N–H and O–H groups in total.